The van der Waals surface area contributed by atoms with Crippen LogP contribution in [-0.4, -0.2) is 23.3 Å². The van der Waals surface area contributed by atoms with Gasteiger partial charge in [0.05, 0.1) is 5.97 Å². The maximum atomic E-state index is 9.59. The van der Waals surface area contributed by atoms with Gasteiger partial charge in [-0.15, -0.1) is 0 Å². The van der Waals surface area contributed by atoms with Crippen LogP contribution in [0.1, 0.15) is 0 Å². The van der Waals surface area contributed by atoms with E-state index in [1.54, 1.807) is 0 Å². The van der Waals surface area contributed by atoms with Crippen LogP contribution in [-0.2, 0) is 33.2 Å². The molecular formula is C4H6O5SZn. The minimum atomic E-state index is -3.61. The summed E-state index contributed by atoms with van der Waals surface area (Å²) < 4.78 is 26.9. The first kappa shape index (κ1) is 13.3. The number of carboxylic acids is 1. The zero-order chi connectivity index (χ0) is 9.49. The molecule has 1 N–H and O–H groups in total. The molecule has 11 heavy (non-hydrogen) atoms. The van der Waals surface area contributed by atoms with Gasteiger partial charge in [0.15, 0.2) is 0 Å². The summed E-state index contributed by atoms with van der Waals surface area (Å²) in [6.45, 7) is 2.90. The van der Waals surface area contributed by atoms with Crippen LogP contribution in [0.3, 0.4) is 0 Å². The van der Waals surface area contributed by atoms with E-state index in [4.69, 9.17) is 14.5 Å². The van der Waals surface area contributed by atoms with Gasteiger partial charge in [-0.3, -0.25) is 0 Å². The summed E-state index contributed by atoms with van der Waals surface area (Å²) >= 11 is 0.596. The molecule has 0 rings (SSSR count). The summed E-state index contributed by atoms with van der Waals surface area (Å²) in [5.41, 5.74) is 0. The third-order valence-corrected chi connectivity index (χ3v) is 4.19. The van der Waals surface area contributed by atoms with Crippen molar-refractivity contribution >= 4 is 16.1 Å². The molecular weight excluding hydrogens is 225 g/mol. The molecule has 0 unspecified atom stereocenters. The van der Waals surface area contributed by atoms with E-state index < -0.39 is 16.1 Å². The van der Waals surface area contributed by atoms with Crippen LogP contribution in [0.25, 0.3) is 0 Å². The Kier molecular flexibility index (Phi) is 7.83. The summed E-state index contributed by atoms with van der Waals surface area (Å²) in [7, 11) is -3.61. The van der Waals surface area contributed by atoms with E-state index >= 15 is 0 Å². The molecule has 0 aliphatic rings. The normalized spacial score (nSPS) is 9.36. The Morgan fingerprint density at radius 1 is 1.73 bits per heavy atom. The molecule has 5 nitrogen and oxygen atoms in total. The second-order valence-electron chi connectivity index (χ2n) is 1.31. The summed E-state index contributed by atoms with van der Waals surface area (Å²) in [4.78, 5) is 9.14. The van der Waals surface area contributed by atoms with Gasteiger partial charge >= 0.3 is 45.7 Å². The van der Waals surface area contributed by atoms with Crippen molar-refractivity contribution in [3.8, 4) is 0 Å². The van der Waals surface area contributed by atoms with Gasteiger partial charge in [0.25, 0.3) is 0 Å². The van der Waals surface area contributed by atoms with Crippen LogP contribution in [0.15, 0.2) is 12.7 Å². The van der Waals surface area contributed by atoms with Crippen molar-refractivity contribution < 1.29 is 41.2 Å². The number of carbonyl (C=O) groups is 1. The predicted octanol–water partition coefficient (Wildman–Crippen LogP) is -1.70. The zero-order valence-corrected chi connectivity index (χ0v) is 9.47. The molecule has 0 aliphatic heterocycles. The second-order valence-corrected chi connectivity index (χ2v) is 5.45. The SMILES string of the molecule is C=CC(=O)[O-].O=S(=O)(O)[CH2][Zn+]. The zero-order valence-electron chi connectivity index (χ0n) is 5.69. The average Bonchev–Trinajstić information content (AvgIpc) is 1.88. The third kappa shape index (κ3) is 26.0. The number of rotatable bonds is 2. The summed E-state index contributed by atoms with van der Waals surface area (Å²) in [5, 5.41) is 9.14. The molecule has 0 radical (unpaired) electrons. The van der Waals surface area contributed by atoms with Crippen LogP contribution in [0.4, 0.5) is 0 Å². The molecule has 0 aromatic carbocycles. The van der Waals surface area contributed by atoms with Crippen LogP contribution in [0, 0.1) is 0 Å². The molecule has 0 saturated carbocycles. The van der Waals surface area contributed by atoms with Gasteiger partial charge in [0.2, 0.25) is 0 Å². The second kappa shape index (κ2) is 6.45. The fourth-order valence-electron chi connectivity index (χ4n) is 0. The Morgan fingerprint density at radius 3 is 1.91 bits per heavy atom. The quantitative estimate of drug-likeness (QED) is 0.347. The van der Waals surface area contributed by atoms with Crippen molar-refractivity contribution in [3.63, 3.8) is 0 Å². The first-order chi connectivity index (χ1) is 4.83. The number of hydrogen-bond donors (Lipinski definition) is 1. The van der Waals surface area contributed by atoms with Crippen LogP contribution in [0.5, 0.6) is 0 Å². The minimum absolute atomic E-state index is 0.0764. The number of aliphatic carboxylic acids is 1. The first-order valence-corrected chi connectivity index (χ1v) is 6.12. The van der Waals surface area contributed by atoms with Gasteiger partial charge in [-0.25, -0.2) is 0 Å². The molecule has 0 atom stereocenters. The third-order valence-electron chi connectivity index (χ3n) is 0.425. The molecule has 0 spiro atoms. The number of hydrogen-bond acceptors (Lipinski definition) is 4. The Hall–Kier alpha value is -0.257. The van der Waals surface area contributed by atoms with E-state index in [1.165, 1.54) is 0 Å². The predicted molar refractivity (Wildman–Crippen MR) is 31.6 cm³/mol. The van der Waals surface area contributed by atoms with Gasteiger partial charge in [-0.1, -0.05) is 6.58 Å². The van der Waals surface area contributed by atoms with E-state index in [-0.39, 0.29) is 4.35 Å². The molecule has 0 saturated heterocycles. The number of carboxylic acid groups (broad SMARTS) is 1. The van der Waals surface area contributed by atoms with Gasteiger partial charge < -0.3 is 9.90 Å². The van der Waals surface area contributed by atoms with E-state index in [1.807, 2.05) is 0 Å². The molecule has 0 aromatic heterocycles. The topological polar surface area (TPSA) is 94.5 Å². The van der Waals surface area contributed by atoms with Crippen molar-refractivity contribution in [3.05, 3.63) is 12.7 Å². The van der Waals surface area contributed by atoms with Crippen molar-refractivity contribution in [1.29, 1.82) is 0 Å². The average molecular weight is 232 g/mol. The van der Waals surface area contributed by atoms with Gasteiger partial charge in [-0.05, 0) is 6.08 Å². The van der Waals surface area contributed by atoms with E-state index in [0.29, 0.717) is 18.3 Å². The summed E-state index contributed by atoms with van der Waals surface area (Å²) in [6.07, 6.45) is 0.722. The molecule has 0 fully saturated rings. The van der Waals surface area contributed by atoms with Crippen molar-refractivity contribution in [2.75, 3.05) is 4.35 Å². The standard InChI is InChI=1S/C3H4O2.CH3O3S.Zn/c1-2-3(4)5;1-5(2,3)4;/h2H,1H2,(H,4,5);1H2,(H,2,3,4);/q;;+1/p-1. The van der Waals surface area contributed by atoms with Gasteiger partial charge in [0, 0.05) is 0 Å². The van der Waals surface area contributed by atoms with Crippen LogP contribution in [0.2, 0.25) is 0 Å². The van der Waals surface area contributed by atoms with Gasteiger partial charge in [0.1, 0.15) is 0 Å². The van der Waals surface area contributed by atoms with Gasteiger partial charge in [-0.2, -0.15) is 0 Å². The van der Waals surface area contributed by atoms with E-state index in [9.17, 15) is 8.42 Å². The van der Waals surface area contributed by atoms with E-state index in [0.717, 1.165) is 6.08 Å². The summed E-state index contributed by atoms with van der Waals surface area (Å²) in [5.74, 6) is -1.23. The Morgan fingerprint density at radius 2 is 1.91 bits per heavy atom. The molecule has 0 heterocycles. The Bertz CT molecular complexity index is 219. The van der Waals surface area contributed by atoms with E-state index in [2.05, 4.69) is 6.58 Å². The van der Waals surface area contributed by atoms with Crippen molar-refractivity contribution in [2.24, 2.45) is 0 Å². The maximum absolute atomic E-state index is 9.59. The molecule has 0 bridgehead atoms. The molecule has 0 aromatic rings. The first-order valence-electron chi connectivity index (χ1n) is 2.41. The van der Waals surface area contributed by atoms with Crippen molar-refractivity contribution in [2.45, 2.75) is 0 Å². The number of carbonyl (C=O) groups excluding carboxylic acids is 1. The Balaban J connectivity index is 0. The van der Waals surface area contributed by atoms with Crippen molar-refractivity contribution in [1.82, 2.24) is 0 Å². The Labute approximate surface area is 74.5 Å². The summed E-state index contributed by atoms with van der Waals surface area (Å²) in [6, 6.07) is 0. The fourth-order valence-corrected chi connectivity index (χ4v) is 0. The molecule has 60 valence electrons. The fraction of sp³-hybridized carbons (Fsp3) is 0.250. The van der Waals surface area contributed by atoms with Crippen LogP contribution >= 0.6 is 0 Å². The monoisotopic (exact) mass is 230 g/mol. The molecule has 0 amide bonds. The van der Waals surface area contributed by atoms with Crippen LogP contribution < -0.4 is 5.11 Å². The molecule has 0 aliphatic carbocycles. The molecule has 7 heteroatoms.